The highest BCUT2D eigenvalue weighted by Crippen LogP contribution is 2.28. The van der Waals surface area contributed by atoms with Crippen LogP contribution < -0.4 is 4.74 Å². The van der Waals surface area contributed by atoms with E-state index in [4.69, 9.17) is 10.00 Å². The van der Waals surface area contributed by atoms with Gasteiger partial charge in [0.05, 0.1) is 11.0 Å². The third-order valence-electron chi connectivity index (χ3n) is 2.83. The van der Waals surface area contributed by atoms with Gasteiger partial charge in [-0.3, -0.25) is 10.1 Å². The normalized spacial score (nSPS) is 9.80. The first kappa shape index (κ1) is 13.6. The second-order valence-corrected chi connectivity index (χ2v) is 4.15. The van der Waals surface area contributed by atoms with E-state index in [1.807, 2.05) is 25.1 Å². The Bertz CT molecular complexity index is 690. The Balaban J connectivity index is 2.32. The van der Waals surface area contributed by atoms with E-state index in [0.717, 1.165) is 12.0 Å². The van der Waals surface area contributed by atoms with Crippen molar-refractivity contribution in [2.75, 3.05) is 0 Å². The molecule has 5 nitrogen and oxygen atoms in total. The molecule has 0 aliphatic rings. The smallest absolute Gasteiger partial charge is 0.290 e. The molecule has 0 aliphatic carbocycles. The number of hydrogen-bond donors (Lipinski definition) is 0. The lowest BCUT2D eigenvalue weighted by atomic mass is 10.1. The van der Waals surface area contributed by atoms with Gasteiger partial charge >= 0.3 is 0 Å². The molecule has 20 heavy (non-hydrogen) atoms. The standard InChI is InChI=1S/C15H12N2O3/c1-2-11-4-3-5-13(8-11)20-14-7-6-12(10-16)15(9-14)17(18)19/h3-9H,2H2,1H3. The topological polar surface area (TPSA) is 76.2 Å². The Hall–Kier alpha value is -2.87. The van der Waals surface area contributed by atoms with Gasteiger partial charge in [0.25, 0.3) is 5.69 Å². The van der Waals surface area contributed by atoms with Gasteiger partial charge < -0.3 is 4.74 Å². The highest BCUT2D eigenvalue weighted by Gasteiger charge is 2.15. The minimum Gasteiger partial charge on any atom is -0.457 e. The summed E-state index contributed by atoms with van der Waals surface area (Å²) in [5, 5.41) is 19.7. The van der Waals surface area contributed by atoms with E-state index < -0.39 is 4.92 Å². The maximum Gasteiger partial charge on any atom is 0.290 e. The minimum absolute atomic E-state index is 0.0182. The van der Waals surface area contributed by atoms with Crippen molar-refractivity contribution in [1.82, 2.24) is 0 Å². The fourth-order valence-electron chi connectivity index (χ4n) is 1.79. The molecule has 0 saturated carbocycles. The zero-order valence-corrected chi connectivity index (χ0v) is 10.9. The Kier molecular flexibility index (Phi) is 3.96. The van der Waals surface area contributed by atoms with Gasteiger partial charge in [-0.15, -0.1) is 0 Å². The Morgan fingerprint density at radius 2 is 2.00 bits per heavy atom. The number of ether oxygens (including phenoxy) is 1. The highest BCUT2D eigenvalue weighted by molar-refractivity contribution is 5.53. The van der Waals surface area contributed by atoms with Crippen molar-refractivity contribution in [3.8, 4) is 17.6 Å². The van der Waals surface area contributed by atoms with Crippen molar-refractivity contribution in [3.05, 3.63) is 63.7 Å². The summed E-state index contributed by atoms with van der Waals surface area (Å²) in [7, 11) is 0. The van der Waals surface area contributed by atoms with Crippen LogP contribution in [0.5, 0.6) is 11.5 Å². The van der Waals surface area contributed by atoms with Crippen LogP contribution in [-0.4, -0.2) is 4.92 Å². The molecule has 0 spiro atoms. The van der Waals surface area contributed by atoms with E-state index >= 15 is 0 Å². The van der Waals surface area contributed by atoms with E-state index in [2.05, 4.69) is 0 Å². The second kappa shape index (κ2) is 5.85. The van der Waals surface area contributed by atoms with Crippen LogP contribution in [0.2, 0.25) is 0 Å². The first-order valence-corrected chi connectivity index (χ1v) is 6.09. The number of hydrogen-bond acceptors (Lipinski definition) is 4. The van der Waals surface area contributed by atoms with E-state index in [-0.39, 0.29) is 11.3 Å². The van der Waals surface area contributed by atoms with Gasteiger partial charge in [0.1, 0.15) is 23.1 Å². The van der Waals surface area contributed by atoms with Crippen molar-refractivity contribution in [1.29, 1.82) is 5.26 Å². The third-order valence-corrected chi connectivity index (χ3v) is 2.83. The number of nitro benzene ring substituents is 1. The molecule has 0 aromatic heterocycles. The summed E-state index contributed by atoms with van der Waals surface area (Å²) in [6, 6.07) is 13.5. The first-order valence-electron chi connectivity index (χ1n) is 6.09. The van der Waals surface area contributed by atoms with E-state index in [1.54, 1.807) is 18.2 Å². The molecular formula is C15H12N2O3. The lowest BCUT2D eigenvalue weighted by Gasteiger charge is -2.07. The maximum absolute atomic E-state index is 10.9. The fourth-order valence-corrected chi connectivity index (χ4v) is 1.79. The summed E-state index contributed by atoms with van der Waals surface area (Å²) in [6.07, 6.45) is 0.880. The number of rotatable bonds is 4. The first-order chi connectivity index (χ1) is 9.63. The van der Waals surface area contributed by atoms with E-state index in [9.17, 15) is 10.1 Å². The number of nitriles is 1. The SMILES string of the molecule is CCc1cccc(Oc2ccc(C#N)c([N+](=O)[O-])c2)c1. The van der Waals surface area contributed by atoms with Gasteiger partial charge in [-0.1, -0.05) is 19.1 Å². The molecule has 0 bridgehead atoms. The van der Waals surface area contributed by atoms with Crippen LogP contribution in [0.25, 0.3) is 0 Å². The van der Waals surface area contributed by atoms with Crippen LogP contribution in [-0.2, 0) is 6.42 Å². The van der Waals surface area contributed by atoms with Gasteiger partial charge in [-0.25, -0.2) is 0 Å². The van der Waals surface area contributed by atoms with Crippen LogP contribution in [0, 0.1) is 21.4 Å². The lowest BCUT2D eigenvalue weighted by molar-refractivity contribution is -0.385. The monoisotopic (exact) mass is 268 g/mol. The number of nitro groups is 1. The molecule has 0 amide bonds. The molecule has 0 unspecified atom stereocenters. The number of nitrogens with zero attached hydrogens (tertiary/aromatic N) is 2. The minimum atomic E-state index is -0.589. The van der Waals surface area contributed by atoms with Crippen molar-refractivity contribution < 1.29 is 9.66 Å². The van der Waals surface area contributed by atoms with Crippen LogP contribution in [0.1, 0.15) is 18.1 Å². The second-order valence-electron chi connectivity index (χ2n) is 4.15. The van der Waals surface area contributed by atoms with E-state index in [0.29, 0.717) is 11.5 Å². The van der Waals surface area contributed by atoms with Gasteiger partial charge in [0.2, 0.25) is 0 Å². The summed E-state index contributed by atoms with van der Waals surface area (Å²) >= 11 is 0. The maximum atomic E-state index is 10.9. The summed E-state index contributed by atoms with van der Waals surface area (Å²) in [5.41, 5.74) is 0.881. The Morgan fingerprint density at radius 1 is 1.25 bits per heavy atom. The van der Waals surface area contributed by atoms with Crippen LogP contribution in [0.3, 0.4) is 0 Å². The Labute approximate surface area is 116 Å². The molecular weight excluding hydrogens is 256 g/mol. The van der Waals surface area contributed by atoms with Gasteiger partial charge in [-0.2, -0.15) is 5.26 Å². The van der Waals surface area contributed by atoms with Crippen LogP contribution >= 0.6 is 0 Å². The third kappa shape index (κ3) is 2.93. The highest BCUT2D eigenvalue weighted by atomic mass is 16.6. The van der Waals surface area contributed by atoms with Gasteiger partial charge in [0.15, 0.2) is 0 Å². The molecule has 100 valence electrons. The molecule has 0 atom stereocenters. The summed E-state index contributed by atoms with van der Waals surface area (Å²) in [5.74, 6) is 0.951. The van der Waals surface area contributed by atoms with Gasteiger partial charge in [0, 0.05) is 0 Å². The Morgan fingerprint density at radius 3 is 2.65 bits per heavy atom. The lowest BCUT2D eigenvalue weighted by Crippen LogP contribution is -1.93. The van der Waals surface area contributed by atoms with Gasteiger partial charge in [-0.05, 0) is 36.2 Å². The van der Waals surface area contributed by atoms with Crippen LogP contribution in [0.4, 0.5) is 5.69 Å². The number of benzene rings is 2. The molecule has 5 heteroatoms. The number of aryl methyl sites for hydroxylation is 1. The molecule has 0 fully saturated rings. The fraction of sp³-hybridized carbons (Fsp3) is 0.133. The molecule has 0 heterocycles. The molecule has 0 saturated heterocycles. The van der Waals surface area contributed by atoms with E-state index in [1.165, 1.54) is 12.1 Å². The van der Waals surface area contributed by atoms with Crippen molar-refractivity contribution in [2.24, 2.45) is 0 Å². The van der Waals surface area contributed by atoms with Crippen LogP contribution in [0.15, 0.2) is 42.5 Å². The summed E-state index contributed by atoms with van der Waals surface area (Å²) in [4.78, 5) is 10.3. The molecule has 2 rings (SSSR count). The predicted octanol–water partition coefficient (Wildman–Crippen LogP) is 3.82. The average molecular weight is 268 g/mol. The van der Waals surface area contributed by atoms with Crippen molar-refractivity contribution in [2.45, 2.75) is 13.3 Å². The molecule has 0 radical (unpaired) electrons. The average Bonchev–Trinajstić information content (AvgIpc) is 2.47. The molecule has 0 N–H and O–H groups in total. The zero-order valence-electron chi connectivity index (χ0n) is 10.9. The largest absolute Gasteiger partial charge is 0.457 e. The molecule has 2 aromatic rings. The molecule has 0 aliphatic heterocycles. The molecule has 2 aromatic carbocycles. The predicted molar refractivity (Wildman–Crippen MR) is 73.7 cm³/mol. The van der Waals surface area contributed by atoms with Crippen molar-refractivity contribution >= 4 is 5.69 Å². The van der Waals surface area contributed by atoms with Crippen molar-refractivity contribution in [3.63, 3.8) is 0 Å². The summed E-state index contributed by atoms with van der Waals surface area (Å²) in [6.45, 7) is 2.03. The zero-order chi connectivity index (χ0) is 14.5. The summed E-state index contributed by atoms with van der Waals surface area (Å²) < 4.78 is 5.60. The quantitative estimate of drug-likeness (QED) is 0.623.